The lowest BCUT2D eigenvalue weighted by atomic mass is 9.98. The molecule has 1 saturated carbocycles. The van der Waals surface area contributed by atoms with Gasteiger partial charge in [-0.3, -0.25) is 9.69 Å². The van der Waals surface area contributed by atoms with E-state index < -0.39 is 23.7 Å². The zero-order chi connectivity index (χ0) is 21.1. The van der Waals surface area contributed by atoms with Crippen LogP contribution in [0.2, 0.25) is 0 Å². The van der Waals surface area contributed by atoms with Crippen LogP contribution in [0.25, 0.3) is 0 Å². The van der Waals surface area contributed by atoms with Crippen LogP contribution in [0.5, 0.6) is 0 Å². The molecule has 0 spiro atoms. The fraction of sp³-hybridized carbons (Fsp3) is 0.762. The van der Waals surface area contributed by atoms with Gasteiger partial charge in [-0.1, -0.05) is 6.08 Å². The van der Waals surface area contributed by atoms with Gasteiger partial charge in [-0.05, 0) is 53.4 Å². The number of fused-ring (bicyclic) bond motifs is 1. The minimum Gasteiger partial charge on any atom is -0.464 e. The summed E-state index contributed by atoms with van der Waals surface area (Å²) in [5, 5.41) is 0. The van der Waals surface area contributed by atoms with Gasteiger partial charge in [0.2, 0.25) is 5.91 Å². The molecule has 3 atom stereocenters. The summed E-state index contributed by atoms with van der Waals surface area (Å²) in [5.74, 6) is -0.329. The molecule has 158 valence electrons. The van der Waals surface area contributed by atoms with Gasteiger partial charge in [0.25, 0.3) is 0 Å². The first kappa shape index (κ1) is 22.2. The summed E-state index contributed by atoms with van der Waals surface area (Å²) in [4.78, 5) is 40.9. The van der Waals surface area contributed by atoms with E-state index in [4.69, 9.17) is 9.47 Å². The molecule has 0 aromatic carbocycles. The molecule has 1 heterocycles. The van der Waals surface area contributed by atoms with Gasteiger partial charge in [0.05, 0.1) is 6.61 Å². The van der Waals surface area contributed by atoms with Crippen LogP contribution in [0.15, 0.2) is 12.7 Å². The second kappa shape index (κ2) is 8.53. The van der Waals surface area contributed by atoms with Crippen LogP contribution in [0.1, 0.15) is 59.8 Å². The molecule has 7 nitrogen and oxygen atoms in total. The summed E-state index contributed by atoms with van der Waals surface area (Å²) in [5.41, 5.74) is -0.897. The third-order valence-corrected chi connectivity index (χ3v) is 5.36. The molecule has 28 heavy (non-hydrogen) atoms. The first-order valence-electron chi connectivity index (χ1n) is 10.1. The minimum absolute atomic E-state index is 0.0743. The van der Waals surface area contributed by atoms with Gasteiger partial charge in [0.15, 0.2) is 0 Å². The number of hydrogen-bond donors (Lipinski definition) is 0. The molecule has 0 bridgehead atoms. The number of likely N-dealkylation sites (tertiary alicyclic amines) is 1. The number of rotatable bonds is 8. The summed E-state index contributed by atoms with van der Waals surface area (Å²) in [6.45, 7) is 11.6. The second-order valence-electron chi connectivity index (χ2n) is 8.87. The molecular weight excluding hydrogens is 360 g/mol. The van der Waals surface area contributed by atoms with E-state index in [1.54, 1.807) is 44.5 Å². The maximum absolute atomic E-state index is 12.8. The first-order chi connectivity index (χ1) is 13.0. The van der Waals surface area contributed by atoms with Crippen LogP contribution in [0, 0.1) is 5.41 Å². The number of esters is 1. The number of hydrogen-bond acceptors (Lipinski definition) is 5. The van der Waals surface area contributed by atoms with Crippen molar-refractivity contribution in [3.05, 3.63) is 12.7 Å². The van der Waals surface area contributed by atoms with Crippen molar-refractivity contribution in [3.8, 4) is 0 Å². The molecule has 2 amide bonds. The van der Waals surface area contributed by atoms with E-state index in [0.717, 1.165) is 19.3 Å². The van der Waals surface area contributed by atoms with Crippen molar-refractivity contribution in [2.45, 2.75) is 77.5 Å². The highest BCUT2D eigenvalue weighted by Crippen LogP contribution is 2.60. The van der Waals surface area contributed by atoms with E-state index in [2.05, 4.69) is 6.58 Å². The molecular formula is C21H34N2O5. The summed E-state index contributed by atoms with van der Waals surface area (Å²) in [6, 6.07) is -0.752. The Kier molecular flexibility index (Phi) is 6.78. The molecule has 1 saturated heterocycles. The van der Waals surface area contributed by atoms with E-state index >= 15 is 0 Å². The Labute approximate surface area is 168 Å². The number of allylic oxidation sites excluding steroid dienone is 1. The van der Waals surface area contributed by atoms with Gasteiger partial charge in [0.1, 0.15) is 11.6 Å². The monoisotopic (exact) mass is 394 g/mol. The normalized spacial score (nSPS) is 25.7. The van der Waals surface area contributed by atoms with Crippen LogP contribution < -0.4 is 0 Å². The number of carbonyl (C=O) groups is 3. The van der Waals surface area contributed by atoms with E-state index in [9.17, 15) is 14.4 Å². The van der Waals surface area contributed by atoms with E-state index in [0.29, 0.717) is 19.4 Å². The average molecular weight is 395 g/mol. The van der Waals surface area contributed by atoms with Crippen molar-refractivity contribution < 1.29 is 23.9 Å². The molecule has 1 aliphatic carbocycles. The number of ether oxygens (including phenoxy) is 2. The minimum atomic E-state index is -0.655. The Morgan fingerprint density at radius 1 is 1.29 bits per heavy atom. The number of carbonyl (C=O) groups excluding carboxylic acids is 3. The SMILES string of the molecule is C=CCCCC(=O)N(C)C[C@@]12C[C@@H](C(=O)OCC)N(C(=O)OC(C)(C)C)[C@@H]1C2. The fourth-order valence-electron chi connectivity index (χ4n) is 4.03. The zero-order valence-electron chi connectivity index (χ0n) is 17.8. The highest BCUT2D eigenvalue weighted by molar-refractivity contribution is 5.84. The number of unbranched alkanes of at least 4 members (excludes halogenated alkanes) is 1. The Hall–Kier alpha value is -2.05. The fourth-order valence-corrected chi connectivity index (χ4v) is 4.03. The summed E-state index contributed by atoms with van der Waals surface area (Å²) in [6.07, 6.45) is 4.65. The Bertz CT molecular complexity index is 627. The summed E-state index contributed by atoms with van der Waals surface area (Å²) < 4.78 is 10.7. The summed E-state index contributed by atoms with van der Waals surface area (Å²) >= 11 is 0. The van der Waals surface area contributed by atoms with Gasteiger partial charge in [-0.15, -0.1) is 6.58 Å². The van der Waals surface area contributed by atoms with Crippen molar-refractivity contribution in [1.29, 1.82) is 0 Å². The average Bonchev–Trinajstić information content (AvgIpc) is 3.16. The molecule has 0 aromatic heterocycles. The smallest absolute Gasteiger partial charge is 0.411 e. The molecule has 1 aliphatic heterocycles. The Balaban J connectivity index is 2.09. The lowest BCUT2D eigenvalue weighted by molar-refractivity contribution is -0.149. The van der Waals surface area contributed by atoms with Crippen LogP contribution >= 0.6 is 0 Å². The van der Waals surface area contributed by atoms with Crippen molar-refractivity contribution >= 4 is 18.0 Å². The van der Waals surface area contributed by atoms with Crippen molar-refractivity contribution in [2.24, 2.45) is 5.41 Å². The molecule has 2 fully saturated rings. The predicted molar refractivity (Wildman–Crippen MR) is 106 cm³/mol. The molecule has 0 unspecified atom stereocenters. The number of piperidine rings is 1. The zero-order valence-corrected chi connectivity index (χ0v) is 17.8. The van der Waals surface area contributed by atoms with Crippen LogP contribution in [0.4, 0.5) is 4.79 Å². The van der Waals surface area contributed by atoms with Gasteiger partial charge in [0, 0.05) is 31.5 Å². The van der Waals surface area contributed by atoms with Crippen molar-refractivity contribution in [2.75, 3.05) is 20.2 Å². The molecule has 0 N–H and O–H groups in total. The van der Waals surface area contributed by atoms with Crippen molar-refractivity contribution in [3.63, 3.8) is 0 Å². The number of nitrogens with zero attached hydrogens (tertiary/aromatic N) is 2. The van der Waals surface area contributed by atoms with E-state index in [-0.39, 0.29) is 24.0 Å². The Morgan fingerprint density at radius 2 is 1.96 bits per heavy atom. The topological polar surface area (TPSA) is 76.2 Å². The lowest BCUT2D eigenvalue weighted by Crippen LogP contribution is -2.46. The Morgan fingerprint density at radius 3 is 2.54 bits per heavy atom. The molecule has 0 aromatic rings. The molecule has 2 rings (SSSR count). The van der Waals surface area contributed by atoms with Crippen molar-refractivity contribution in [1.82, 2.24) is 9.80 Å². The third kappa shape index (κ3) is 5.06. The van der Waals surface area contributed by atoms with E-state index in [1.165, 1.54) is 0 Å². The van der Waals surface area contributed by atoms with Gasteiger partial charge in [-0.2, -0.15) is 0 Å². The van der Waals surface area contributed by atoms with Crippen LogP contribution in [-0.2, 0) is 19.1 Å². The first-order valence-corrected chi connectivity index (χ1v) is 10.1. The lowest BCUT2D eigenvalue weighted by Gasteiger charge is -2.29. The highest BCUT2D eigenvalue weighted by Gasteiger charge is 2.68. The number of amides is 2. The standard InChI is InChI=1S/C21H34N2O5/c1-7-9-10-11-17(24)22(6)14-21-12-15(18(25)27-8-2)23(16(21)13-21)19(26)28-20(3,4)5/h7,15-16H,1,8-14H2,2-6H3/t15-,16+,21-/m0/s1. The predicted octanol–water partition coefficient (Wildman–Crippen LogP) is 3.13. The van der Waals surface area contributed by atoms with Crippen LogP contribution in [0.3, 0.4) is 0 Å². The largest absolute Gasteiger partial charge is 0.464 e. The quantitative estimate of drug-likeness (QED) is 0.359. The van der Waals surface area contributed by atoms with Gasteiger partial charge < -0.3 is 14.4 Å². The maximum Gasteiger partial charge on any atom is 0.411 e. The maximum atomic E-state index is 12.8. The van der Waals surface area contributed by atoms with Gasteiger partial charge >= 0.3 is 12.1 Å². The summed E-state index contributed by atoms with van der Waals surface area (Å²) in [7, 11) is 1.79. The highest BCUT2D eigenvalue weighted by atomic mass is 16.6. The van der Waals surface area contributed by atoms with E-state index in [1.807, 2.05) is 6.08 Å². The second-order valence-corrected chi connectivity index (χ2v) is 8.87. The van der Waals surface area contributed by atoms with Crippen LogP contribution in [-0.4, -0.2) is 65.7 Å². The van der Waals surface area contributed by atoms with Gasteiger partial charge in [-0.25, -0.2) is 9.59 Å². The molecule has 7 heteroatoms. The molecule has 0 radical (unpaired) electrons. The molecule has 2 aliphatic rings. The third-order valence-electron chi connectivity index (χ3n) is 5.36.